The first-order valence-electron chi connectivity index (χ1n) is 4.06. The number of hydrogen-bond donors (Lipinski definition) is 2. The molecule has 1 aromatic rings. The Bertz CT molecular complexity index is 317. The highest BCUT2D eigenvalue weighted by Crippen LogP contribution is 2.31. The van der Waals surface area contributed by atoms with Gasteiger partial charge in [0.25, 0.3) is 0 Å². The second kappa shape index (κ2) is 4.78. The van der Waals surface area contributed by atoms with Crippen LogP contribution in [-0.4, -0.2) is 18.8 Å². The number of benzene rings is 1. The third-order valence-electron chi connectivity index (χ3n) is 1.88. The Morgan fingerprint density at radius 2 is 2.21 bits per heavy atom. The van der Waals surface area contributed by atoms with E-state index >= 15 is 0 Å². The molecule has 0 aromatic heterocycles. The molecular formula is C9H12FNO3. The molecule has 1 aromatic carbocycles. The molecule has 0 saturated heterocycles. The van der Waals surface area contributed by atoms with Crippen molar-refractivity contribution >= 4 is 0 Å². The molecule has 5 heteroatoms. The van der Waals surface area contributed by atoms with E-state index in [4.69, 9.17) is 10.6 Å². The fourth-order valence-corrected chi connectivity index (χ4v) is 1.15. The maximum absolute atomic E-state index is 13.2. The molecule has 0 fully saturated rings. The smallest absolute Gasteiger partial charge is 0.163 e. The van der Waals surface area contributed by atoms with E-state index in [2.05, 4.69) is 4.84 Å². The number of halogens is 1. The molecule has 3 N–H and O–H groups in total. The summed E-state index contributed by atoms with van der Waals surface area (Å²) in [6.45, 7) is 0.137. The predicted octanol–water partition coefficient (Wildman–Crippen LogP) is 0.973. The minimum absolute atomic E-state index is 0.137. The molecule has 0 aliphatic carbocycles. The van der Waals surface area contributed by atoms with Gasteiger partial charge in [-0.1, -0.05) is 0 Å². The van der Waals surface area contributed by atoms with E-state index < -0.39 is 5.82 Å². The van der Waals surface area contributed by atoms with Gasteiger partial charge in [0, 0.05) is 12.0 Å². The number of aromatic hydroxyl groups is 1. The summed E-state index contributed by atoms with van der Waals surface area (Å²) in [5.41, 5.74) is 0.148. The van der Waals surface area contributed by atoms with Gasteiger partial charge in [-0.2, -0.15) is 0 Å². The number of hydrogen-bond acceptors (Lipinski definition) is 4. The summed E-state index contributed by atoms with van der Waals surface area (Å²) in [5.74, 6) is 4.34. The Labute approximate surface area is 81.0 Å². The summed E-state index contributed by atoms with van der Waals surface area (Å²) in [6.07, 6.45) is 0.200. The van der Waals surface area contributed by atoms with Gasteiger partial charge in [-0.3, -0.25) is 0 Å². The van der Waals surface area contributed by atoms with Crippen LogP contribution in [0.2, 0.25) is 0 Å². The summed E-state index contributed by atoms with van der Waals surface area (Å²) in [4.78, 5) is 4.31. The summed E-state index contributed by atoms with van der Waals surface area (Å²) in [7, 11) is 1.40. The highest BCUT2D eigenvalue weighted by Gasteiger charge is 2.12. The van der Waals surface area contributed by atoms with Gasteiger partial charge >= 0.3 is 0 Å². The topological polar surface area (TPSA) is 64.7 Å². The summed E-state index contributed by atoms with van der Waals surface area (Å²) >= 11 is 0. The maximum Gasteiger partial charge on any atom is 0.163 e. The first-order valence-corrected chi connectivity index (χ1v) is 4.06. The van der Waals surface area contributed by atoms with E-state index in [1.54, 1.807) is 0 Å². The molecule has 0 aliphatic rings. The summed E-state index contributed by atoms with van der Waals surface area (Å²) < 4.78 is 18.0. The second-order valence-electron chi connectivity index (χ2n) is 2.70. The number of phenolic OH excluding ortho intramolecular Hbond substituents is 1. The molecule has 4 nitrogen and oxygen atoms in total. The van der Waals surface area contributed by atoms with Gasteiger partial charge in [0.2, 0.25) is 0 Å². The molecule has 0 bridgehead atoms. The standard InChI is InChI=1S/C9H12FNO3/c1-13-8-3-2-7(10)6(9(8)12)4-5-14-11/h2-3,12H,4-5,11H2,1H3. The third kappa shape index (κ3) is 2.12. The summed E-state index contributed by atoms with van der Waals surface area (Å²) in [6, 6.07) is 2.59. The second-order valence-corrected chi connectivity index (χ2v) is 2.70. The van der Waals surface area contributed by atoms with Crippen molar-refractivity contribution < 1.29 is 19.1 Å². The van der Waals surface area contributed by atoms with E-state index in [-0.39, 0.29) is 30.1 Å². The van der Waals surface area contributed by atoms with E-state index in [1.165, 1.54) is 19.2 Å². The van der Waals surface area contributed by atoms with Crippen LogP contribution in [0.4, 0.5) is 4.39 Å². The Morgan fingerprint density at radius 3 is 2.79 bits per heavy atom. The van der Waals surface area contributed by atoms with Crippen LogP contribution in [0, 0.1) is 5.82 Å². The number of methoxy groups -OCH3 is 1. The van der Waals surface area contributed by atoms with Crippen LogP contribution in [0.25, 0.3) is 0 Å². The molecule has 0 aliphatic heterocycles. The highest BCUT2D eigenvalue weighted by molar-refractivity contribution is 5.46. The van der Waals surface area contributed by atoms with Crippen molar-refractivity contribution in [3.8, 4) is 11.5 Å². The molecule has 1 rings (SSSR count). The molecule has 0 heterocycles. The fraction of sp³-hybridized carbons (Fsp3) is 0.333. The van der Waals surface area contributed by atoms with Crippen molar-refractivity contribution in [1.29, 1.82) is 0 Å². The summed E-state index contributed by atoms with van der Waals surface area (Å²) in [5, 5.41) is 9.53. The first kappa shape index (κ1) is 10.7. The van der Waals surface area contributed by atoms with E-state index in [0.29, 0.717) is 0 Å². The fourth-order valence-electron chi connectivity index (χ4n) is 1.15. The van der Waals surface area contributed by atoms with Crippen LogP contribution in [0.5, 0.6) is 11.5 Å². The minimum atomic E-state index is -0.500. The lowest BCUT2D eigenvalue weighted by molar-refractivity contribution is 0.140. The lowest BCUT2D eigenvalue weighted by Crippen LogP contribution is -2.05. The Morgan fingerprint density at radius 1 is 1.50 bits per heavy atom. The van der Waals surface area contributed by atoms with Crippen LogP contribution in [0.3, 0.4) is 0 Å². The van der Waals surface area contributed by atoms with Gasteiger partial charge < -0.3 is 14.7 Å². The first-order chi connectivity index (χ1) is 6.70. The molecule has 0 saturated carbocycles. The van der Waals surface area contributed by atoms with Crippen LogP contribution < -0.4 is 10.6 Å². The van der Waals surface area contributed by atoms with E-state index in [9.17, 15) is 9.50 Å². The number of ether oxygens (including phenoxy) is 1. The average molecular weight is 201 g/mol. The van der Waals surface area contributed by atoms with Crippen molar-refractivity contribution in [3.05, 3.63) is 23.5 Å². The maximum atomic E-state index is 13.2. The quantitative estimate of drug-likeness (QED) is 0.712. The van der Waals surface area contributed by atoms with E-state index in [1.807, 2.05) is 0 Å². The monoisotopic (exact) mass is 201 g/mol. The van der Waals surface area contributed by atoms with Crippen LogP contribution in [0.15, 0.2) is 12.1 Å². The number of phenols is 1. The largest absolute Gasteiger partial charge is 0.504 e. The lowest BCUT2D eigenvalue weighted by Gasteiger charge is -2.09. The van der Waals surface area contributed by atoms with Gasteiger partial charge in [-0.15, -0.1) is 0 Å². The highest BCUT2D eigenvalue weighted by atomic mass is 19.1. The Hall–Kier alpha value is -1.33. The van der Waals surface area contributed by atoms with Gasteiger partial charge in [0.1, 0.15) is 5.82 Å². The van der Waals surface area contributed by atoms with Crippen molar-refractivity contribution in [2.75, 3.05) is 13.7 Å². The van der Waals surface area contributed by atoms with Gasteiger partial charge in [-0.25, -0.2) is 10.3 Å². The van der Waals surface area contributed by atoms with Crippen LogP contribution >= 0.6 is 0 Å². The molecule has 0 amide bonds. The zero-order valence-electron chi connectivity index (χ0n) is 7.79. The Kier molecular flexibility index (Phi) is 3.67. The molecule has 14 heavy (non-hydrogen) atoms. The number of rotatable bonds is 4. The van der Waals surface area contributed by atoms with Crippen molar-refractivity contribution in [2.45, 2.75) is 6.42 Å². The molecule has 0 unspecified atom stereocenters. The SMILES string of the molecule is COc1ccc(F)c(CCON)c1O. The predicted molar refractivity (Wildman–Crippen MR) is 48.5 cm³/mol. The molecule has 0 atom stereocenters. The van der Waals surface area contributed by atoms with Crippen molar-refractivity contribution in [3.63, 3.8) is 0 Å². The van der Waals surface area contributed by atoms with Crippen molar-refractivity contribution in [2.24, 2.45) is 5.90 Å². The third-order valence-corrected chi connectivity index (χ3v) is 1.88. The van der Waals surface area contributed by atoms with Gasteiger partial charge in [-0.05, 0) is 12.1 Å². The minimum Gasteiger partial charge on any atom is -0.504 e. The van der Waals surface area contributed by atoms with Crippen molar-refractivity contribution in [1.82, 2.24) is 0 Å². The molecule has 78 valence electrons. The van der Waals surface area contributed by atoms with Crippen LogP contribution in [-0.2, 0) is 11.3 Å². The zero-order chi connectivity index (χ0) is 10.6. The molecular weight excluding hydrogens is 189 g/mol. The van der Waals surface area contributed by atoms with Gasteiger partial charge in [0.15, 0.2) is 11.5 Å². The Balaban J connectivity index is 2.99. The normalized spacial score (nSPS) is 10.2. The van der Waals surface area contributed by atoms with E-state index in [0.717, 1.165) is 0 Å². The number of nitrogens with two attached hydrogens (primary N) is 1. The molecule has 0 radical (unpaired) electrons. The zero-order valence-corrected chi connectivity index (χ0v) is 7.79. The average Bonchev–Trinajstić information content (AvgIpc) is 2.18. The van der Waals surface area contributed by atoms with Crippen LogP contribution in [0.1, 0.15) is 5.56 Å². The van der Waals surface area contributed by atoms with Gasteiger partial charge in [0.05, 0.1) is 13.7 Å². The lowest BCUT2D eigenvalue weighted by atomic mass is 10.1. The molecule has 0 spiro atoms.